The van der Waals surface area contributed by atoms with Gasteiger partial charge in [0.1, 0.15) is 0 Å². The van der Waals surface area contributed by atoms with Crippen LogP contribution in [0.2, 0.25) is 0 Å². The van der Waals surface area contributed by atoms with Crippen LogP contribution in [-0.4, -0.2) is 48.5 Å². The molecule has 4 rings (SSSR count). The minimum absolute atomic E-state index is 0.0212. The van der Waals surface area contributed by atoms with E-state index < -0.39 is 0 Å². The van der Waals surface area contributed by atoms with E-state index in [0.717, 1.165) is 48.2 Å². The zero-order chi connectivity index (χ0) is 22.5. The smallest absolute Gasteiger partial charge is 0.317 e. The normalized spacial score (nSPS) is 14.2. The van der Waals surface area contributed by atoms with Crippen LogP contribution >= 0.6 is 0 Å². The summed E-state index contributed by atoms with van der Waals surface area (Å²) in [6.45, 7) is 3.91. The Bertz CT molecular complexity index is 1110. The highest BCUT2D eigenvalue weighted by Gasteiger charge is 2.24. The molecule has 0 saturated carbocycles. The van der Waals surface area contributed by atoms with Crippen LogP contribution < -0.4 is 16.0 Å². The van der Waals surface area contributed by atoms with Gasteiger partial charge in [0.05, 0.1) is 16.8 Å². The zero-order valence-corrected chi connectivity index (χ0v) is 18.5. The van der Waals surface area contributed by atoms with Gasteiger partial charge in [0.15, 0.2) is 0 Å². The largest absolute Gasteiger partial charge is 0.354 e. The van der Waals surface area contributed by atoms with Crippen molar-refractivity contribution < 1.29 is 9.59 Å². The molecule has 32 heavy (non-hydrogen) atoms. The number of urea groups is 1. The summed E-state index contributed by atoms with van der Waals surface area (Å²) < 4.78 is 0. The molecule has 3 aromatic rings. The third kappa shape index (κ3) is 4.51. The molecule has 0 spiro atoms. The topological polar surface area (TPSA) is 86.4 Å². The fourth-order valence-electron chi connectivity index (χ4n) is 4.27. The average Bonchev–Trinajstić information content (AvgIpc) is 2.84. The number of hydrogen-bond donors (Lipinski definition) is 3. The summed E-state index contributed by atoms with van der Waals surface area (Å²) >= 11 is 0. The maximum absolute atomic E-state index is 12.8. The van der Waals surface area contributed by atoms with E-state index in [1.165, 1.54) is 5.56 Å². The van der Waals surface area contributed by atoms with Crippen molar-refractivity contribution in [3.8, 4) is 0 Å². The van der Waals surface area contributed by atoms with Crippen LogP contribution in [0.5, 0.6) is 0 Å². The summed E-state index contributed by atoms with van der Waals surface area (Å²) in [5.74, 6) is 0.211. The summed E-state index contributed by atoms with van der Waals surface area (Å²) in [5.41, 5.74) is 4.24. The molecule has 1 aliphatic rings. The lowest BCUT2D eigenvalue weighted by molar-refractivity contribution is 0.0956. The Kier molecular flexibility index (Phi) is 6.54. The Morgan fingerprint density at radius 1 is 1.09 bits per heavy atom. The molecule has 1 saturated heterocycles. The molecule has 2 aromatic carbocycles. The summed E-state index contributed by atoms with van der Waals surface area (Å²) in [6, 6.07) is 16.1. The first-order valence-corrected chi connectivity index (χ1v) is 11.1. The summed E-state index contributed by atoms with van der Waals surface area (Å²) in [4.78, 5) is 31.1. The second-order valence-corrected chi connectivity index (χ2v) is 7.99. The molecule has 1 fully saturated rings. The maximum Gasteiger partial charge on any atom is 0.317 e. The van der Waals surface area contributed by atoms with Crippen molar-refractivity contribution >= 4 is 34.2 Å². The zero-order valence-electron chi connectivity index (χ0n) is 18.5. The number of carbonyl (C=O) groups is 2. The molecular formula is C25H29N5O2. The standard InChI is InChI=1S/C25H29N5O2/c1-3-27-24(31)21-16-28-22-10-9-18(17-11-13-30(14-12-17)25(32)26-2)15-20(22)23(21)29-19-7-5-4-6-8-19/h4-10,15-17H,3,11-14H2,1-2H3,(H,26,32)(H,27,31)(H,28,29). The number of para-hydroxylation sites is 1. The van der Waals surface area contributed by atoms with Crippen molar-refractivity contribution in [1.82, 2.24) is 20.5 Å². The second kappa shape index (κ2) is 9.68. The van der Waals surface area contributed by atoms with Gasteiger partial charge in [-0.3, -0.25) is 9.78 Å². The molecule has 0 atom stereocenters. The first-order valence-electron chi connectivity index (χ1n) is 11.1. The van der Waals surface area contributed by atoms with E-state index in [1.54, 1.807) is 13.2 Å². The van der Waals surface area contributed by atoms with Crippen molar-refractivity contribution in [3.05, 3.63) is 65.9 Å². The fourth-order valence-corrected chi connectivity index (χ4v) is 4.27. The predicted octanol–water partition coefficient (Wildman–Crippen LogP) is 4.25. The monoisotopic (exact) mass is 431 g/mol. The number of likely N-dealkylation sites (tertiary alicyclic amines) is 1. The first kappa shape index (κ1) is 21.6. The number of benzene rings is 2. The number of pyridine rings is 1. The van der Waals surface area contributed by atoms with E-state index in [4.69, 9.17) is 0 Å². The molecule has 1 aromatic heterocycles. The third-order valence-electron chi connectivity index (χ3n) is 5.98. The van der Waals surface area contributed by atoms with Crippen LogP contribution in [0.25, 0.3) is 10.9 Å². The van der Waals surface area contributed by atoms with Gasteiger partial charge in [-0.05, 0) is 55.5 Å². The van der Waals surface area contributed by atoms with Gasteiger partial charge >= 0.3 is 6.03 Å². The van der Waals surface area contributed by atoms with E-state index in [9.17, 15) is 9.59 Å². The number of fused-ring (bicyclic) bond motifs is 1. The summed E-state index contributed by atoms with van der Waals surface area (Å²) in [7, 11) is 1.66. The van der Waals surface area contributed by atoms with Gasteiger partial charge in [-0.2, -0.15) is 0 Å². The van der Waals surface area contributed by atoms with E-state index in [1.807, 2.05) is 48.2 Å². The van der Waals surface area contributed by atoms with Gasteiger partial charge in [-0.1, -0.05) is 24.3 Å². The lowest BCUT2D eigenvalue weighted by atomic mass is 9.88. The Labute approximate surface area is 188 Å². The van der Waals surface area contributed by atoms with Gasteiger partial charge in [0, 0.05) is 44.0 Å². The summed E-state index contributed by atoms with van der Waals surface area (Å²) in [5, 5.41) is 9.97. The highest BCUT2D eigenvalue weighted by molar-refractivity contribution is 6.08. The van der Waals surface area contributed by atoms with Gasteiger partial charge in [0.2, 0.25) is 0 Å². The van der Waals surface area contributed by atoms with E-state index in [-0.39, 0.29) is 11.9 Å². The van der Waals surface area contributed by atoms with Crippen LogP contribution in [0.1, 0.15) is 41.6 Å². The van der Waals surface area contributed by atoms with Gasteiger partial charge in [-0.25, -0.2) is 4.79 Å². The number of carbonyl (C=O) groups excluding carboxylic acids is 2. The second-order valence-electron chi connectivity index (χ2n) is 7.99. The Morgan fingerprint density at radius 3 is 2.53 bits per heavy atom. The van der Waals surface area contributed by atoms with Gasteiger partial charge < -0.3 is 20.9 Å². The number of amides is 3. The first-order chi connectivity index (χ1) is 15.6. The molecule has 0 bridgehead atoms. The molecule has 0 radical (unpaired) electrons. The van der Waals surface area contributed by atoms with Crippen LogP contribution in [0, 0.1) is 0 Å². The van der Waals surface area contributed by atoms with Crippen molar-refractivity contribution in [1.29, 1.82) is 0 Å². The van der Waals surface area contributed by atoms with Crippen molar-refractivity contribution in [2.75, 3.05) is 32.0 Å². The lowest BCUT2D eigenvalue weighted by Gasteiger charge is -2.32. The molecule has 166 valence electrons. The molecule has 3 amide bonds. The van der Waals surface area contributed by atoms with Gasteiger partial charge in [-0.15, -0.1) is 0 Å². The SMILES string of the molecule is CCNC(=O)c1cnc2ccc(C3CCN(C(=O)NC)CC3)cc2c1Nc1ccccc1. The number of nitrogens with zero attached hydrogens (tertiary/aromatic N) is 2. The molecular weight excluding hydrogens is 402 g/mol. The molecule has 7 nitrogen and oxygen atoms in total. The Balaban J connectivity index is 1.71. The van der Waals surface area contributed by atoms with Crippen LogP contribution in [0.4, 0.5) is 16.2 Å². The van der Waals surface area contributed by atoms with Crippen molar-refractivity contribution in [3.63, 3.8) is 0 Å². The minimum atomic E-state index is -0.148. The quantitative estimate of drug-likeness (QED) is 0.564. The molecule has 0 aliphatic carbocycles. The number of rotatable bonds is 5. The fraction of sp³-hybridized carbons (Fsp3) is 0.320. The molecule has 3 N–H and O–H groups in total. The number of aromatic nitrogens is 1. The van der Waals surface area contributed by atoms with E-state index in [2.05, 4.69) is 33.1 Å². The third-order valence-corrected chi connectivity index (χ3v) is 5.98. The van der Waals surface area contributed by atoms with Crippen molar-refractivity contribution in [2.45, 2.75) is 25.7 Å². The Hall–Kier alpha value is -3.61. The van der Waals surface area contributed by atoms with Crippen LogP contribution in [0.15, 0.2) is 54.7 Å². The molecule has 7 heteroatoms. The number of piperidine rings is 1. The lowest BCUT2D eigenvalue weighted by Crippen LogP contribution is -2.42. The average molecular weight is 432 g/mol. The summed E-state index contributed by atoms with van der Waals surface area (Å²) in [6.07, 6.45) is 3.45. The number of nitrogens with one attached hydrogen (secondary N) is 3. The molecule has 1 aliphatic heterocycles. The van der Waals surface area contributed by atoms with Crippen molar-refractivity contribution in [2.24, 2.45) is 0 Å². The minimum Gasteiger partial charge on any atom is -0.354 e. The van der Waals surface area contributed by atoms with E-state index in [0.29, 0.717) is 18.0 Å². The Morgan fingerprint density at radius 2 is 1.84 bits per heavy atom. The van der Waals surface area contributed by atoms with E-state index >= 15 is 0 Å². The predicted molar refractivity (Wildman–Crippen MR) is 127 cm³/mol. The van der Waals surface area contributed by atoms with Crippen LogP contribution in [-0.2, 0) is 0 Å². The maximum atomic E-state index is 12.8. The number of hydrogen-bond acceptors (Lipinski definition) is 4. The number of anilines is 2. The molecule has 0 unspecified atom stereocenters. The highest BCUT2D eigenvalue weighted by Crippen LogP contribution is 2.34. The molecule has 2 heterocycles. The highest BCUT2D eigenvalue weighted by atomic mass is 16.2. The van der Waals surface area contributed by atoms with Gasteiger partial charge in [0.25, 0.3) is 5.91 Å². The van der Waals surface area contributed by atoms with Crippen LogP contribution in [0.3, 0.4) is 0 Å².